The molecule has 434 valence electrons. The number of hydrogen-bond acceptors (Lipinski definition) is 21. The van der Waals surface area contributed by atoms with Gasteiger partial charge in [-0.3, -0.25) is 0 Å². The molecule has 4 aliphatic heterocycles. The first kappa shape index (κ1) is 60.0. The number of hydrogen-bond donors (Lipinski definition) is 13. The number of rotatable bonds is 14. The predicted octanol–water partition coefficient (Wildman–Crippen LogP) is -0.147. The lowest BCUT2D eigenvalue weighted by Gasteiger charge is -2.71. The Hall–Kier alpha value is -1.10. The Bertz CT molecular complexity index is 1960. The van der Waals surface area contributed by atoms with Crippen LogP contribution in [0.15, 0.2) is 11.6 Å². The zero-order chi connectivity index (χ0) is 55.2. The van der Waals surface area contributed by atoms with Gasteiger partial charge in [-0.15, -0.1) is 0 Å². The minimum Gasteiger partial charge on any atom is -0.393 e. The number of fused-ring (bicyclic) bond motifs is 5. The first-order chi connectivity index (χ1) is 34.9. The minimum atomic E-state index is -1.70. The molecule has 0 unspecified atom stereocenters. The molecule has 0 aromatic rings. The fraction of sp³-hybridized carbons (Fsp3) is 0.963. The highest BCUT2D eigenvalue weighted by atomic mass is 16.7. The second-order valence-electron chi connectivity index (χ2n) is 25.8. The fourth-order valence-electron chi connectivity index (χ4n) is 16.1. The zero-order valence-electron chi connectivity index (χ0n) is 45.4. The monoisotopic (exact) mass is 1080 g/mol. The summed E-state index contributed by atoms with van der Waals surface area (Å²) in [6, 6.07) is 0. The number of aliphatic hydroxyl groups is 13. The summed E-state index contributed by atoms with van der Waals surface area (Å²) < 4.78 is 48.6. The molecule has 4 saturated carbocycles. The van der Waals surface area contributed by atoms with Crippen molar-refractivity contribution in [3.05, 3.63) is 11.6 Å². The molecule has 0 aromatic carbocycles. The van der Waals surface area contributed by atoms with E-state index in [4.69, 9.17) is 37.9 Å². The molecule has 8 aliphatic rings. The van der Waals surface area contributed by atoms with Crippen LogP contribution in [0.25, 0.3) is 0 Å². The molecule has 0 amide bonds. The highest BCUT2D eigenvalue weighted by molar-refractivity contribution is 5.20. The van der Waals surface area contributed by atoms with Gasteiger partial charge in [0.25, 0.3) is 0 Å². The van der Waals surface area contributed by atoms with Gasteiger partial charge in [0.2, 0.25) is 0 Å². The molecule has 21 heteroatoms. The Kier molecular flexibility index (Phi) is 17.9. The van der Waals surface area contributed by atoms with Crippen molar-refractivity contribution in [2.45, 2.75) is 268 Å². The molecule has 0 spiro atoms. The van der Waals surface area contributed by atoms with E-state index in [0.717, 1.165) is 31.3 Å². The summed E-state index contributed by atoms with van der Waals surface area (Å²) >= 11 is 0. The van der Waals surface area contributed by atoms with E-state index in [2.05, 4.69) is 40.7 Å². The van der Waals surface area contributed by atoms with Crippen LogP contribution in [-0.2, 0) is 37.9 Å². The largest absolute Gasteiger partial charge is 0.393 e. The van der Waals surface area contributed by atoms with Crippen molar-refractivity contribution in [2.75, 3.05) is 13.2 Å². The van der Waals surface area contributed by atoms with Gasteiger partial charge >= 0.3 is 0 Å². The topological polar surface area (TPSA) is 337 Å². The quantitative estimate of drug-likeness (QED) is 0.0795. The molecule has 8 fully saturated rings. The second kappa shape index (κ2) is 22.3. The van der Waals surface area contributed by atoms with E-state index < -0.39 is 159 Å². The van der Waals surface area contributed by atoms with Crippen LogP contribution in [0, 0.1) is 45.3 Å². The summed E-state index contributed by atoms with van der Waals surface area (Å²) in [5.74, 6) is -0.268. The van der Waals surface area contributed by atoms with Crippen molar-refractivity contribution < 1.29 is 104 Å². The first-order valence-corrected chi connectivity index (χ1v) is 27.6. The Balaban J connectivity index is 0.976. The number of aliphatic hydroxyl groups excluding tert-OH is 13. The maximum Gasteiger partial charge on any atom is 0.187 e. The third-order valence-electron chi connectivity index (χ3n) is 20.8. The van der Waals surface area contributed by atoms with Gasteiger partial charge in [0.05, 0.1) is 43.2 Å². The third-order valence-corrected chi connectivity index (χ3v) is 20.8. The SMILES string of the molecule is CC(C)=CCC[C@](C)(O[C@@H]1O[C@H](CO[C@@H]2O[C@@H](C)[C@H](O)[C@@H](O)[C@H]2O)[C@@H](O)[C@H](O)[C@H]1O)[C@H]1CC[C@]2(C)[C@@H]1[C@H](O)C[C@@H]1[C@]3(C)CC[C@@H](O[C@@H]4O[C@H](CO[C@@H]5O[C@@H](C)[C@H](O)[C@@H](O)[C@H]5O)[C@@H](O)[C@H](O)[C@H]4O)C(C)(C)[C@H]3CC[C@]12C. The molecule has 21 nitrogen and oxygen atoms in total. The molecule has 0 aromatic heterocycles. The Morgan fingerprint density at radius 1 is 0.547 bits per heavy atom. The summed E-state index contributed by atoms with van der Waals surface area (Å²) in [5.41, 5.74) is -1.28. The van der Waals surface area contributed by atoms with E-state index >= 15 is 0 Å². The van der Waals surface area contributed by atoms with Crippen LogP contribution in [0.2, 0.25) is 0 Å². The molecule has 0 radical (unpaired) electrons. The van der Waals surface area contributed by atoms with Gasteiger partial charge in [-0.05, 0) is 138 Å². The van der Waals surface area contributed by atoms with Crippen LogP contribution in [0.5, 0.6) is 0 Å². The lowest BCUT2D eigenvalue weighted by molar-refractivity contribution is -0.349. The van der Waals surface area contributed by atoms with Gasteiger partial charge in [0.15, 0.2) is 25.2 Å². The molecule has 13 N–H and O–H groups in total. The van der Waals surface area contributed by atoms with Crippen molar-refractivity contribution in [3.8, 4) is 0 Å². The van der Waals surface area contributed by atoms with Crippen LogP contribution in [0.3, 0.4) is 0 Å². The van der Waals surface area contributed by atoms with Crippen molar-refractivity contribution in [2.24, 2.45) is 45.3 Å². The fourth-order valence-corrected chi connectivity index (χ4v) is 16.1. The summed E-state index contributed by atoms with van der Waals surface area (Å²) in [6.45, 7) is 19.6. The Morgan fingerprint density at radius 3 is 1.56 bits per heavy atom. The lowest BCUT2D eigenvalue weighted by Crippen LogP contribution is -2.67. The predicted molar refractivity (Wildman–Crippen MR) is 263 cm³/mol. The highest BCUT2D eigenvalue weighted by Gasteiger charge is 2.72. The van der Waals surface area contributed by atoms with Crippen LogP contribution in [-0.4, -0.2) is 220 Å². The normalized spacial score (nSPS) is 53.7. The van der Waals surface area contributed by atoms with E-state index in [1.807, 2.05) is 20.8 Å². The summed E-state index contributed by atoms with van der Waals surface area (Å²) in [7, 11) is 0. The molecular weight excluding hydrogens is 985 g/mol. The van der Waals surface area contributed by atoms with E-state index in [9.17, 15) is 66.4 Å². The molecule has 0 bridgehead atoms. The summed E-state index contributed by atoms with van der Waals surface area (Å²) in [5, 5.41) is 142. The average Bonchev–Trinajstić information content (AvgIpc) is 3.75. The van der Waals surface area contributed by atoms with Crippen molar-refractivity contribution in [1.82, 2.24) is 0 Å². The Labute approximate surface area is 441 Å². The van der Waals surface area contributed by atoms with Crippen molar-refractivity contribution in [1.29, 1.82) is 0 Å². The smallest absolute Gasteiger partial charge is 0.187 e. The molecule has 75 heavy (non-hydrogen) atoms. The minimum absolute atomic E-state index is 0.0893. The number of allylic oxidation sites excluding steroid dienone is 2. The van der Waals surface area contributed by atoms with Crippen LogP contribution in [0.4, 0.5) is 0 Å². The summed E-state index contributed by atoms with van der Waals surface area (Å²) in [4.78, 5) is 0. The molecule has 4 saturated heterocycles. The van der Waals surface area contributed by atoms with Crippen molar-refractivity contribution >= 4 is 0 Å². The lowest BCUT2D eigenvalue weighted by atomic mass is 9.35. The first-order valence-electron chi connectivity index (χ1n) is 27.6. The highest BCUT2D eigenvalue weighted by Crippen LogP contribution is 2.76. The van der Waals surface area contributed by atoms with Gasteiger partial charge in [-0.2, -0.15) is 0 Å². The van der Waals surface area contributed by atoms with Gasteiger partial charge in [-0.1, -0.05) is 46.3 Å². The second-order valence-corrected chi connectivity index (χ2v) is 25.8. The molecule has 4 aliphatic carbocycles. The maximum absolute atomic E-state index is 12.8. The van der Waals surface area contributed by atoms with E-state index in [1.165, 1.54) is 13.8 Å². The van der Waals surface area contributed by atoms with E-state index in [1.54, 1.807) is 0 Å². The maximum atomic E-state index is 12.8. The van der Waals surface area contributed by atoms with Crippen LogP contribution < -0.4 is 0 Å². The molecular formula is C54H92O21. The Morgan fingerprint density at radius 2 is 1.03 bits per heavy atom. The molecule has 30 atom stereocenters. The van der Waals surface area contributed by atoms with Gasteiger partial charge in [-0.25, -0.2) is 0 Å². The van der Waals surface area contributed by atoms with Gasteiger partial charge < -0.3 is 104 Å². The van der Waals surface area contributed by atoms with E-state index in [0.29, 0.717) is 32.1 Å². The number of ether oxygens (including phenoxy) is 8. The standard InChI is InChI=1S/C54H92O21/c1-23(2)12-11-16-54(10,75-49-45(67)41(63)37(59)29(73-49)22-69-47-43(65)39(61)35(57)25(4)71-47)26-13-18-53(9)33(26)27(55)20-31-51(7)17-15-32(50(5,6)30(51)14-19-52(31,53)8)74-48-44(66)40(62)36(58)28(72-48)21-68-46-42(64)38(60)34(56)24(3)70-46/h12,24-49,55-67H,11,13-22H2,1-10H3/t24-,25-,26-,27+,28+,29+,30+,31+,32+,33-,34-,35-,36+,37+,38+,39+,40-,41-,42+,43+,44+,45+,46+,47+,48-,49-,51+,52+,53+,54-/m0/s1. The molecule has 8 rings (SSSR count). The van der Waals surface area contributed by atoms with Crippen molar-refractivity contribution in [3.63, 3.8) is 0 Å². The van der Waals surface area contributed by atoms with Gasteiger partial charge in [0.1, 0.15) is 85.5 Å². The third kappa shape index (κ3) is 10.6. The zero-order valence-corrected chi connectivity index (χ0v) is 45.4. The van der Waals surface area contributed by atoms with Crippen LogP contribution in [0.1, 0.15) is 127 Å². The molecule has 4 heterocycles. The van der Waals surface area contributed by atoms with Crippen LogP contribution >= 0.6 is 0 Å². The van der Waals surface area contributed by atoms with Gasteiger partial charge in [0, 0.05) is 0 Å². The van der Waals surface area contributed by atoms with E-state index in [-0.39, 0.29) is 39.9 Å². The average molecular weight is 1080 g/mol. The summed E-state index contributed by atoms with van der Waals surface area (Å²) in [6.07, 6.45) is -21.5.